The summed E-state index contributed by atoms with van der Waals surface area (Å²) in [5, 5.41) is 6.04. The molecule has 18 heavy (non-hydrogen) atoms. The Bertz CT molecular complexity index is 349. The molecule has 2 N–H and O–H groups in total. The maximum absolute atomic E-state index is 11.8. The minimum absolute atomic E-state index is 0.0163. The maximum Gasteiger partial charge on any atom is 0.237 e. The summed E-state index contributed by atoms with van der Waals surface area (Å²) in [5.74, 6) is 0.745. The third-order valence-corrected chi connectivity index (χ3v) is 3.01. The molecule has 0 radical (unpaired) electrons. The second-order valence-electron chi connectivity index (χ2n) is 4.74. The number of nitrogens with one attached hydrogen (secondary N) is 2. The second kappa shape index (κ2) is 7.18. The van der Waals surface area contributed by atoms with Gasteiger partial charge in [-0.25, -0.2) is 0 Å². The van der Waals surface area contributed by atoms with Crippen LogP contribution in [0.25, 0.3) is 0 Å². The summed E-state index contributed by atoms with van der Waals surface area (Å²) < 4.78 is 5.15. The molecule has 1 amide bonds. The summed E-state index contributed by atoms with van der Waals surface area (Å²) >= 11 is 0. The molecular weight excluding hydrogens is 230 g/mol. The number of carbonyl (C=O) groups excluding carboxylic acids is 1. The molecule has 0 spiro atoms. The number of hydrogen-bond acceptors (Lipinski definition) is 4. The highest BCUT2D eigenvalue weighted by Gasteiger charge is 2.14. The number of carbonyl (C=O) groups is 1. The van der Waals surface area contributed by atoms with Crippen LogP contribution in [0.2, 0.25) is 0 Å². The first-order valence-corrected chi connectivity index (χ1v) is 6.20. The van der Waals surface area contributed by atoms with Gasteiger partial charge in [0.05, 0.1) is 18.8 Å². The molecule has 0 aliphatic heterocycles. The molecule has 2 unspecified atom stereocenters. The number of likely N-dealkylation sites (N-methyl/N-ethyl adjacent to an activating group) is 1. The standard InChI is InChI=1S/C13H23N3O2/c1-10(16(3)4)8-14-11(2)13(17)15-9-12-6-5-7-18-12/h5-7,10-11,14H,8-9H2,1-4H3,(H,15,17). The van der Waals surface area contributed by atoms with Crippen molar-refractivity contribution in [2.75, 3.05) is 20.6 Å². The zero-order valence-corrected chi connectivity index (χ0v) is 11.6. The van der Waals surface area contributed by atoms with Crippen molar-refractivity contribution in [1.29, 1.82) is 0 Å². The van der Waals surface area contributed by atoms with E-state index in [-0.39, 0.29) is 11.9 Å². The molecule has 0 saturated carbocycles. The highest BCUT2D eigenvalue weighted by atomic mass is 16.3. The van der Waals surface area contributed by atoms with Crippen molar-refractivity contribution < 1.29 is 9.21 Å². The maximum atomic E-state index is 11.8. The van der Waals surface area contributed by atoms with Crippen LogP contribution in [0.3, 0.4) is 0 Å². The predicted molar refractivity (Wildman–Crippen MR) is 71.2 cm³/mol. The lowest BCUT2D eigenvalue weighted by atomic mass is 10.2. The summed E-state index contributed by atoms with van der Waals surface area (Å²) in [7, 11) is 4.04. The van der Waals surface area contributed by atoms with Gasteiger partial charge in [-0.1, -0.05) is 0 Å². The van der Waals surface area contributed by atoms with Crippen molar-refractivity contribution in [2.24, 2.45) is 0 Å². The first-order valence-electron chi connectivity index (χ1n) is 6.20. The van der Waals surface area contributed by atoms with Gasteiger partial charge in [-0.3, -0.25) is 4.79 Å². The molecule has 1 aromatic rings. The van der Waals surface area contributed by atoms with Crippen LogP contribution >= 0.6 is 0 Å². The first kappa shape index (κ1) is 14.7. The summed E-state index contributed by atoms with van der Waals surface area (Å²) in [6.45, 7) is 5.18. The zero-order chi connectivity index (χ0) is 13.5. The Balaban J connectivity index is 2.24. The number of hydrogen-bond donors (Lipinski definition) is 2. The quantitative estimate of drug-likeness (QED) is 0.755. The van der Waals surface area contributed by atoms with Gasteiger partial charge in [-0.2, -0.15) is 0 Å². The van der Waals surface area contributed by atoms with Gasteiger partial charge in [0.1, 0.15) is 5.76 Å². The average molecular weight is 253 g/mol. The van der Waals surface area contributed by atoms with Crippen LogP contribution in [0.1, 0.15) is 19.6 Å². The normalized spacial score (nSPS) is 14.5. The van der Waals surface area contributed by atoms with Crippen molar-refractivity contribution in [2.45, 2.75) is 32.5 Å². The highest BCUT2D eigenvalue weighted by molar-refractivity contribution is 5.81. The van der Waals surface area contributed by atoms with E-state index in [1.54, 1.807) is 6.26 Å². The molecule has 0 aliphatic carbocycles. The van der Waals surface area contributed by atoms with Crippen molar-refractivity contribution in [3.63, 3.8) is 0 Å². The number of amides is 1. The minimum atomic E-state index is -0.206. The molecule has 5 nitrogen and oxygen atoms in total. The van der Waals surface area contributed by atoms with Crippen molar-refractivity contribution >= 4 is 5.91 Å². The number of rotatable bonds is 7. The largest absolute Gasteiger partial charge is 0.467 e. The molecule has 102 valence electrons. The van der Waals surface area contributed by atoms with Gasteiger partial charge in [0, 0.05) is 12.6 Å². The van der Waals surface area contributed by atoms with Gasteiger partial charge < -0.3 is 20.0 Å². The van der Waals surface area contributed by atoms with E-state index in [2.05, 4.69) is 22.5 Å². The Morgan fingerprint density at radius 2 is 2.17 bits per heavy atom. The summed E-state index contributed by atoms with van der Waals surface area (Å²) in [4.78, 5) is 13.9. The molecular formula is C13H23N3O2. The summed E-state index contributed by atoms with van der Waals surface area (Å²) in [5.41, 5.74) is 0. The molecule has 0 aliphatic rings. The van der Waals surface area contributed by atoms with Crippen LogP contribution in [0.5, 0.6) is 0 Å². The fourth-order valence-corrected chi connectivity index (χ4v) is 1.36. The van der Waals surface area contributed by atoms with Crippen molar-refractivity contribution in [1.82, 2.24) is 15.5 Å². The Morgan fingerprint density at radius 1 is 1.44 bits per heavy atom. The monoisotopic (exact) mass is 253 g/mol. The minimum Gasteiger partial charge on any atom is -0.467 e. The van der Waals surface area contributed by atoms with E-state index in [0.717, 1.165) is 12.3 Å². The highest BCUT2D eigenvalue weighted by Crippen LogP contribution is 1.99. The Hall–Kier alpha value is -1.33. The SMILES string of the molecule is CC(NCC(C)N(C)C)C(=O)NCc1ccco1. The van der Waals surface area contributed by atoms with Crippen LogP contribution in [0.15, 0.2) is 22.8 Å². The average Bonchev–Trinajstić information content (AvgIpc) is 2.85. The van der Waals surface area contributed by atoms with E-state index in [1.165, 1.54) is 0 Å². The number of furan rings is 1. The number of nitrogens with zero attached hydrogens (tertiary/aromatic N) is 1. The molecule has 0 aromatic carbocycles. The van der Waals surface area contributed by atoms with Gasteiger partial charge in [0.25, 0.3) is 0 Å². The lowest BCUT2D eigenvalue weighted by Crippen LogP contribution is -2.46. The van der Waals surface area contributed by atoms with Crippen LogP contribution in [0.4, 0.5) is 0 Å². The van der Waals surface area contributed by atoms with E-state index in [4.69, 9.17) is 4.42 Å². The Kier molecular flexibility index (Phi) is 5.88. The smallest absolute Gasteiger partial charge is 0.237 e. The summed E-state index contributed by atoms with van der Waals surface area (Å²) in [6.07, 6.45) is 1.60. The molecule has 0 bridgehead atoms. The fraction of sp³-hybridized carbons (Fsp3) is 0.615. The lowest BCUT2D eigenvalue weighted by Gasteiger charge is -2.22. The van der Waals surface area contributed by atoms with E-state index < -0.39 is 0 Å². The third-order valence-electron chi connectivity index (χ3n) is 3.01. The molecule has 1 heterocycles. The van der Waals surface area contributed by atoms with E-state index in [1.807, 2.05) is 33.2 Å². The Morgan fingerprint density at radius 3 is 2.72 bits per heavy atom. The molecule has 0 fully saturated rings. The second-order valence-corrected chi connectivity index (χ2v) is 4.74. The van der Waals surface area contributed by atoms with Gasteiger partial charge in [0.2, 0.25) is 5.91 Å². The molecule has 1 rings (SSSR count). The van der Waals surface area contributed by atoms with Crippen LogP contribution in [-0.2, 0) is 11.3 Å². The van der Waals surface area contributed by atoms with Crippen LogP contribution in [-0.4, -0.2) is 43.5 Å². The molecule has 0 saturated heterocycles. The van der Waals surface area contributed by atoms with E-state index in [0.29, 0.717) is 12.6 Å². The first-order chi connectivity index (χ1) is 8.50. The summed E-state index contributed by atoms with van der Waals surface area (Å²) in [6, 6.07) is 3.83. The molecule has 1 aromatic heterocycles. The topological polar surface area (TPSA) is 57.5 Å². The zero-order valence-electron chi connectivity index (χ0n) is 11.6. The lowest BCUT2D eigenvalue weighted by molar-refractivity contribution is -0.123. The van der Waals surface area contributed by atoms with Gasteiger partial charge in [-0.05, 0) is 40.1 Å². The molecule has 2 atom stereocenters. The van der Waals surface area contributed by atoms with Crippen molar-refractivity contribution in [3.8, 4) is 0 Å². The fourth-order valence-electron chi connectivity index (χ4n) is 1.36. The van der Waals surface area contributed by atoms with Crippen molar-refractivity contribution in [3.05, 3.63) is 24.2 Å². The third kappa shape index (κ3) is 4.89. The predicted octanol–water partition coefficient (Wildman–Crippen LogP) is 0.824. The van der Waals surface area contributed by atoms with Gasteiger partial charge >= 0.3 is 0 Å². The van der Waals surface area contributed by atoms with E-state index in [9.17, 15) is 4.79 Å². The van der Waals surface area contributed by atoms with Crippen LogP contribution < -0.4 is 10.6 Å². The van der Waals surface area contributed by atoms with Crippen LogP contribution in [0, 0.1) is 0 Å². The Labute approximate surface area is 109 Å². The van der Waals surface area contributed by atoms with Gasteiger partial charge in [0.15, 0.2) is 0 Å². The van der Waals surface area contributed by atoms with Gasteiger partial charge in [-0.15, -0.1) is 0 Å². The molecule has 5 heteroatoms. The van der Waals surface area contributed by atoms with E-state index >= 15 is 0 Å².